The second-order valence-corrected chi connectivity index (χ2v) is 6.45. The molecule has 0 fully saturated rings. The predicted octanol–water partition coefficient (Wildman–Crippen LogP) is 4.45. The number of nitrogens with zero attached hydrogens (tertiary/aromatic N) is 2. The van der Waals surface area contributed by atoms with Crippen molar-refractivity contribution >= 4 is 5.91 Å². The summed E-state index contributed by atoms with van der Waals surface area (Å²) in [6.45, 7) is 23.4. The van der Waals surface area contributed by atoms with Crippen molar-refractivity contribution in [3.8, 4) is 0 Å². The van der Waals surface area contributed by atoms with E-state index in [4.69, 9.17) is 0 Å². The predicted molar refractivity (Wildman–Crippen MR) is 113 cm³/mol. The molecule has 26 heavy (non-hydrogen) atoms. The van der Waals surface area contributed by atoms with Crippen LogP contribution in [0.4, 0.5) is 0 Å². The van der Waals surface area contributed by atoms with Crippen LogP contribution in [-0.2, 0) is 4.79 Å². The first-order valence-electron chi connectivity index (χ1n) is 9.07. The average Bonchev–Trinajstić information content (AvgIpc) is 2.91. The van der Waals surface area contributed by atoms with Crippen LogP contribution in [0.3, 0.4) is 0 Å². The minimum absolute atomic E-state index is 0.0957. The third-order valence-corrected chi connectivity index (χ3v) is 4.25. The summed E-state index contributed by atoms with van der Waals surface area (Å²) >= 11 is 0. The zero-order valence-corrected chi connectivity index (χ0v) is 16.3. The van der Waals surface area contributed by atoms with E-state index >= 15 is 0 Å². The Hall–Kier alpha value is -2.39. The Balaban J connectivity index is 2.62. The monoisotopic (exact) mass is 352 g/mol. The van der Waals surface area contributed by atoms with Crippen molar-refractivity contribution in [1.29, 1.82) is 0 Å². The topological polar surface area (TPSA) is 23.6 Å². The van der Waals surface area contributed by atoms with Gasteiger partial charge in [-0.15, -0.1) is 0 Å². The van der Waals surface area contributed by atoms with Crippen molar-refractivity contribution in [3.63, 3.8) is 0 Å². The molecule has 1 rings (SSSR count). The number of carbonyl (C=O) groups excluding carboxylic acids is 1. The number of allylic oxidation sites excluding steroid dienone is 2. The molecule has 0 unspecified atom stereocenters. The van der Waals surface area contributed by atoms with E-state index in [-0.39, 0.29) is 5.91 Å². The molecule has 140 valence electrons. The molecule has 3 heteroatoms. The first-order valence-corrected chi connectivity index (χ1v) is 9.07. The third-order valence-electron chi connectivity index (χ3n) is 4.25. The van der Waals surface area contributed by atoms with Crippen molar-refractivity contribution in [2.24, 2.45) is 0 Å². The maximum atomic E-state index is 12.5. The van der Waals surface area contributed by atoms with Crippen LogP contribution < -0.4 is 0 Å². The third kappa shape index (κ3) is 6.49. The summed E-state index contributed by atoms with van der Waals surface area (Å²) in [6, 6.07) is 0. The molecule has 0 atom stereocenters. The van der Waals surface area contributed by atoms with Gasteiger partial charge in [-0.05, 0) is 37.0 Å². The Morgan fingerprint density at radius 2 is 1.85 bits per heavy atom. The van der Waals surface area contributed by atoms with Gasteiger partial charge in [-0.3, -0.25) is 9.69 Å². The van der Waals surface area contributed by atoms with Gasteiger partial charge in [0.2, 0.25) is 0 Å². The molecular formula is C23H32N2O. The molecule has 1 heterocycles. The highest BCUT2D eigenvalue weighted by Crippen LogP contribution is 2.21. The summed E-state index contributed by atoms with van der Waals surface area (Å²) in [6.07, 6.45) is 12.3. The molecule has 0 N–H and O–H groups in total. The maximum absolute atomic E-state index is 12.5. The molecule has 0 radical (unpaired) electrons. The van der Waals surface area contributed by atoms with Gasteiger partial charge >= 0.3 is 0 Å². The van der Waals surface area contributed by atoms with E-state index in [1.165, 1.54) is 0 Å². The van der Waals surface area contributed by atoms with E-state index < -0.39 is 0 Å². The molecule has 0 spiro atoms. The fraction of sp³-hybridized carbons (Fsp3) is 0.348. The highest BCUT2D eigenvalue weighted by molar-refractivity contribution is 6.00. The van der Waals surface area contributed by atoms with E-state index in [1.54, 1.807) is 12.2 Å². The smallest absolute Gasteiger partial charge is 0.254 e. The molecular weight excluding hydrogens is 320 g/mol. The molecule has 0 aromatic heterocycles. The molecule has 0 saturated heterocycles. The molecule has 0 aliphatic carbocycles. The Morgan fingerprint density at radius 1 is 1.15 bits per heavy atom. The van der Waals surface area contributed by atoms with E-state index in [0.717, 1.165) is 54.9 Å². The molecule has 0 aromatic carbocycles. The van der Waals surface area contributed by atoms with Crippen LogP contribution in [0.15, 0.2) is 85.1 Å². The second kappa shape index (κ2) is 11.3. The molecule has 0 bridgehead atoms. The van der Waals surface area contributed by atoms with Crippen LogP contribution in [0.1, 0.15) is 20.3 Å². The van der Waals surface area contributed by atoms with Crippen LogP contribution in [0, 0.1) is 0 Å². The number of rotatable bonds is 12. The Labute approximate surface area is 159 Å². The highest BCUT2D eigenvalue weighted by Gasteiger charge is 2.26. The summed E-state index contributed by atoms with van der Waals surface area (Å²) < 4.78 is 0. The molecule has 1 aliphatic rings. The van der Waals surface area contributed by atoms with Crippen molar-refractivity contribution in [2.45, 2.75) is 20.3 Å². The van der Waals surface area contributed by atoms with Gasteiger partial charge in [0.25, 0.3) is 5.91 Å². The molecule has 0 aromatic rings. The summed E-state index contributed by atoms with van der Waals surface area (Å²) in [7, 11) is 0. The van der Waals surface area contributed by atoms with Gasteiger partial charge in [0.1, 0.15) is 0 Å². The molecule has 3 nitrogen and oxygen atoms in total. The van der Waals surface area contributed by atoms with Crippen LogP contribution in [0.5, 0.6) is 0 Å². The summed E-state index contributed by atoms with van der Waals surface area (Å²) in [5.41, 5.74) is 3.82. The number of carbonyl (C=O) groups is 1. The fourth-order valence-corrected chi connectivity index (χ4v) is 3.00. The van der Waals surface area contributed by atoms with Crippen molar-refractivity contribution in [2.75, 3.05) is 32.7 Å². The number of amides is 1. The zero-order chi connectivity index (χ0) is 19.5. The maximum Gasteiger partial charge on any atom is 0.254 e. The van der Waals surface area contributed by atoms with Gasteiger partial charge in [-0.1, -0.05) is 62.8 Å². The normalized spacial score (nSPS) is 14.9. The SMILES string of the molecule is C=CC(=C)CN(CCCN1CC(C=C)=C(/C=C\C)C1=O)CC(=C)/C=C\C. The Kier molecular flexibility index (Phi) is 9.38. The van der Waals surface area contributed by atoms with E-state index in [0.29, 0.717) is 6.54 Å². The summed E-state index contributed by atoms with van der Waals surface area (Å²) in [5.74, 6) is 0.0957. The van der Waals surface area contributed by atoms with E-state index in [2.05, 4.69) is 31.2 Å². The fourth-order valence-electron chi connectivity index (χ4n) is 3.00. The number of hydrogen-bond acceptors (Lipinski definition) is 2. The summed E-state index contributed by atoms with van der Waals surface area (Å²) in [5, 5.41) is 0. The van der Waals surface area contributed by atoms with Gasteiger partial charge in [0.15, 0.2) is 0 Å². The average molecular weight is 353 g/mol. The summed E-state index contributed by atoms with van der Waals surface area (Å²) in [4.78, 5) is 16.7. The van der Waals surface area contributed by atoms with Gasteiger partial charge in [-0.25, -0.2) is 0 Å². The van der Waals surface area contributed by atoms with Crippen molar-refractivity contribution in [3.05, 3.63) is 85.1 Å². The lowest BCUT2D eigenvalue weighted by atomic mass is 10.1. The Bertz CT molecular complexity index is 649. The minimum Gasteiger partial charge on any atom is -0.334 e. The van der Waals surface area contributed by atoms with Crippen LogP contribution in [-0.4, -0.2) is 48.4 Å². The van der Waals surface area contributed by atoms with Crippen LogP contribution in [0.2, 0.25) is 0 Å². The first-order chi connectivity index (χ1) is 12.5. The largest absolute Gasteiger partial charge is 0.334 e. The standard InChI is InChI=1S/C23H32N2O/c1-7-12-20(6)17-24(16-19(5)9-3)14-11-15-25-18-21(10-4)22(13-8-2)23(25)26/h7-10,12-13H,3-6,11,14-18H2,1-2H3/b12-7-,13-8-. The number of hydrogen-bond donors (Lipinski definition) is 0. The van der Waals surface area contributed by atoms with Gasteiger partial charge in [0.05, 0.1) is 0 Å². The molecule has 1 aliphatic heterocycles. The second-order valence-electron chi connectivity index (χ2n) is 6.45. The lowest BCUT2D eigenvalue weighted by Gasteiger charge is -2.24. The minimum atomic E-state index is 0.0957. The molecule has 0 saturated carbocycles. The zero-order valence-electron chi connectivity index (χ0n) is 16.3. The highest BCUT2D eigenvalue weighted by atomic mass is 16.2. The molecule has 1 amide bonds. The van der Waals surface area contributed by atoms with Crippen molar-refractivity contribution in [1.82, 2.24) is 9.80 Å². The van der Waals surface area contributed by atoms with Crippen molar-refractivity contribution < 1.29 is 4.79 Å². The van der Waals surface area contributed by atoms with Crippen LogP contribution in [0.25, 0.3) is 0 Å². The first kappa shape index (κ1) is 21.7. The van der Waals surface area contributed by atoms with Gasteiger partial charge in [0, 0.05) is 38.3 Å². The van der Waals surface area contributed by atoms with Gasteiger partial charge < -0.3 is 4.90 Å². The lowest BCUT2D eigenvalue weighted by molar-refractivity contribution is -0.125. The van der Waals surface area contributed by atoms with Crippen LogP contribution >= 0.6 is 0 Å². The van der Waals surface area contributed by atoms with E-state index in [1.807, 2.05) is 43.1 Å². The van der Waals surface area contributed by atoms with E-state index in [9.17, 15) is 4.79 Å². The van der Waals surface area contributed by atoms with Gasteiger partial charge in [-0.2, -0.15) is 0 Å². The lowest BCUT2D eigenvalue weighted by Crippen LogP contribution is -2.33. The Morgan fingerprint density at radius 3 is 2.42 bits per heavy atom. The quantitative estimate of drug-likeness (QED) is 0.484.